The molecule has 0 spiro atoms. The Hall–Kier alpha value is -5.73. The molecule has 0 bridgehead atoms. The molecular formula is C44H47N9O4S. The van der Waals surface area contributed by atoms with E-state index in [1.165, 1.54) is 29.9 Å². The maximum absolute atomic E-state index is 13.2. The standard InChI is InChI=1S/C44H47N9O4S/c1-26-24-45-40-39-31-8-9-32(47-33(31)10-13-37(39)58-41(40)43(56)46-26)28-3-5-29(6-4-28)51-17-15-27(16-18-51)25-50-19-21-52(22-20-50)30-7-11-34-36(23-30)49(2)44(57)53(34)35-12-14-38(54)48-42(35)55/h3-11,13,23,26-27,35,45H,12,14-22,24-25H2,1-2H3,(H,46,56)(H,48,54,55)/t26-,35?/m1/s1. The summed E-state index contributed by atoms with van der Waals surface area (Å²) in [5.74, 6) is -0.0546. The van der Waals surface area contributed by atoms with E-state index in [2.05, 4.69) is 91.3 Å². The number of hydrogen-bond donors (Lipinski definition) is 3. The van der Waals surface area contributed by atoms with Gasteiger partial charge in [-0.2, -0.15) is 0 Å². The van der Waals surface area contributed by atoms with Crippen molar-refractivity contribution in [3.05, 3.63) is 82.1 Å². The largest absolute Gasteiger partial charge is 0.381 e. The molecular weight excluding hydrogens is 751 g/mol. The van der Waals surface area contributed by atoms with Gasteiger partial charge < -0.3 is 20.4 Å². The first kappa shape index (κ1) is 36.6. The number of carbonyl (C=O) groups excluding carboxylic acids is 3. The number of anilines is 3. The predicted molar refractivity (Wildman–Crippen MR) is 230 cm³/mol. The van der Waals surface area contributed by atoms with Crippen molar-refractivity contribution >= 4 is 78.1 Å². The van der Waals surface area contributed by atoms with Crippen LogP contribution in [-0.2, 0) is 16.6 Å². The van der Waals surface area contributed by atoms with Crippen LogP contribution in [0, 0.1) is 5.92 Å². The lowest BCUT2D eigenvalue weighted by Gasteiger charge is -2.40. The lowest BCUT2D eigenvalue weighted by Crippen LogP contribution is -2.49. The van der Waals surface area contributed by atoms with Gasteiger partial charge in [0.1, 0.15) is 10.9 Å². The number of piperidine rings is 2. The molecule has 4 aliphatic heterocycles. The summed E-state index contributed by atoms with van der Waals surface area (Å²) in [6.07, 6.45) is 2.89. The lowest BCUT2D eigenvalue weighted by atomic mass is 9.95. The van der Waals surface area contributed by atoms with Gasteiger partial charge in [0.15, 0.2) is 0 Å². The van der Waals surface area contributed by atoms with Crippen molar-refractivity contribution in [3.63, 3.8) is 0 Å². The molecule has 3 aromatic heterocycles. The molecule has 3 N–H and O–H groups in total. The van der Waals surface area contributed by atoms with Crippen molar-refractivity contribution in [1.29, 1.82) is 0 Å². The second-order valence-electron chi connectivity index (χ2n) is 16.4. The third kappa shape index (κ3) is 6.48. The van der Waals surface area contributed by atoms with Gasteiger partial charge in [-0.3, -0.25) is 33.7 Å². The quantitative estimate of drug-likeness (QED) is 0.191. The normalized spacial score (nSPS) is 21.0. The Balaban J connectivity index is 0.743. The van der Waals surface area contributed by atoms with Gasteiger partial charge in [0.2, 0.25) is 11.8 Å². The predicted octanol–water partition coefficient (Wildman–Crippen LogP) is 5.33. The number of carbonyl (C=O) groups is 3. The number of fused-ring (bicyclic) bond motifs is 6. The second kappa shape index (κ2) is 14.6. The average Bonchev–Trinajstić information content (AvgIpc) is 3.69. The van der Waals surface area contributed by atoms with E-state index < -0.39 is 11.9 Å². The number of nitrogens with one attached hydrogen (secondary N) is 3. The number of thiophene rings is 1. The topological polar surface area (TPSA) is 137 Å². The molecule has 4 aliphatic rings. The molecule has 3 saturated heterocycles. The van der Waals surface area contributed by atoms with E-state index in [4.69, 9.17) is 4.98 Å². The molecule has 7 heterocycles. The summed E-state index contributed by atoms with van der Waals surface area (Å²) < 4.78 is 4.24. The minimum absolute atomic E-state index is 0.0167. The molecule has 3 fully saturated rings. The second-order valence-corrected chi connectivity index (χ2v) is 17.4. The van der Waals surface area contributed by atoms with Crippen LogP contribution < -0.4 is 31.4 Å². The first-order valence-electron chi connectivity index (χ1n) is 20.5. The number of rotatable bonds is 6. The number of aromatic nitrogens is 3. The van der Waals surface area contributed by atoms with Crippen LogP contribution in [0.2, 0.25) is 0 Å². The first-order valence-corrected chi connectivity index (χ1v) is 21.3. The number of amides is 3. The van der Waals surface area contributed by atoms with Crippen LogP contribution in [0.4, 0.5) is 17.1 Å². The summed E-state index contributed by atoms with van der Waals surface area (Å²) >= 11 is 1.53. The Morgan fingerprint density at radius 1 is 0.810 bits per heavy atom. The third-order valence-corrected chi connectivity index (χ3v) is 13.8. The van der Waals surface area contributed by atoms with Crippen LogP contribution >= 0.6 is 11.3 Å². The molecule has 2 atom stereocenters. The van der Waals surface area contributed by atoms with Gasteiger partial charge in [0.05, 0.1) is 27.9 Å². The maximum Gasteiger partial charge on any atom is 0.329 e. The Kier molecular flexibility index (Phi) is 9.20. The van der Waals surface area contributed by atoms with Gasteiger partial charge in [-0.15, -0.1) is 11.3 Å². The number of benzene rings is 3. The minimum Gasteiger partial charge on any atom is -0.381 e. The fraction of sp³-hybridized carbons (Fsp3) is 0.386. The highest BCUT2D eigenvalue weighted by Gasteiger charge is 2.32. The van der Waals surface area contributed by atoms with Crippen LogP contribution in [0.3, 0.4) is 0 Å². The zero-order valence-electron chi connectivity index (χ0n) is 32.8. The van der Waals surface area contributed by atoms with Crippen molar-refractivity contribution in [1.82, 2.24) is 29.7 Å². The highest BCUT2D eigenvalue weighted by molar-refractivity contribution is 7.21. The first-order chi connectivity index (χ1) is 28.2. The number of imidazole rings is 1. The number of hydrogen-bond acceptors (Lipinski definition) is 10. The van der Waals surface area contributed by atoms with Crippen LogP contribution in [0.15, 0.2) is 71.5 Å². The summed E-state index contributed by atoms with van der Waals surface area (Å²) in [6, 6.07) is 22.7. The molecule has 0 radical (unpaired) electrons. The molecule has 13 nitrogen and oxygen atoms in total. The summed E-state index contributed by atoms with van der Waals surface area (Å²) in [6.45, 7) is 9.72. The van der Waals surface area contributed by atoms with Crippen molar-refractivity contribution in [2.75, 3.05) is 67.5 Å². The molecule has 298 valence electrons. The van der Waals surface area contributed by atoms with Crippen molar-refractivity contribution in [2.45, 2.75) is 44.7 Å². The van der Waals surface area contributed by atoms with E-state index in [0.29, 0.717) is 24.4 Å². The number of aryl methyl sites for hydroxylation is 1. The van der Waals surface area contributed by atoms with Crippen LogP contribution in [0.25, 0.3) is 43.3 Å². The highest BCUT2D eigenvalue weighted by Crippen LogP contribution is 2.41. The van der Waals surface area contributed by atoms with Gasteiger partial charge in [0, 0.05) is 104 Å². The Morgan fingerprint density at radius 3 is 2.34 bits per heavy atom. The Morgan fingerprint density at radius 2 is 1.57 bits per heavy atom. The van der Waals surface area contributed by atoms with Gasteiger partial charge in [-0.1, -0.05) is 12.1 Å². The molecule has 1 unspecified atom stereocenters. The van der Waals surface area contributed by atoms with Gasteiger partial charge in [-0.05, 0) is 86.7 Å². The monoisotopic (exact) mass is 797 g/mol. The zero-order valence-corrected chi connectivity index (χ0v) is 33.6. The van der Waals surface area contributed by atoms with E-state index in [-0.39, 0.29) is 30.0 Å². The fourth-order valence-electron chi connectivity index (χ4n) is 9.44. The molecule has 14 heteroatoms. The van der Waals surface area contributed by atoms with Gasteiger partial charge in [0.25, 0.3) is 5.91 Å². The van der Waals surface area contributed by atoms with Crippen LogP contribution in [0.1, 0.15) is 48.3 Å². The van der Waals surface area contributed by atoms with Crippen molar-refractivity contribution < 1.29 is 14.4 Å². The fourth-order valence-corrected chi connectivity index (χ4v) is 10.5. The summed E-state index contributed by atoms with van der Waals surface area (Å²) in [4.78, 5) is 63.7. The number of imide groups is 1. The van der Waals surface area contributed by atoms with Gasteiger partial charge >= 0.3 is 5.69 Å². The lowest BCUT2D eigenvalue weighted by molar-refractivity contribution is -0.135. The summed E-state index contributed by atoms with van der Waals surface area (Å²) in [7, 11) is 1.75. The minimum atomic E-state index is -0.680. The smallest absolute Gasteiger partial charge is 0.329 e. The molecule has 0 saturated carbocycles. The molecule has 6 aromatic rings. The summed E-state index contributed by atoms with van der Waals surface area (Å²) in [5, 5.41) is 11.1. The average molecular weight is 798 g/mol. The maximum atomic E-state index is 13.2. The Bertz CT molecular complexity index is 2670. The third-order valence-electron chi connectivity index (χ3n) is 12.7. The van der Waals surface area contributed by atoms with Crippen LogP contribution in [0.5, 0.6) is 0 Å². The van der Waals surface area contributed by atoms with E-state index in [1.807, 2.05) is 13.0 Å². The Labute approximate surface area is 339 Å². The van der Waals surface area contributed by atoms with E-state index >= 15 is 0 Å². The SMILES string of the molecule is C[C@@H]1CNc2c(sc3ccc4nc(-c5ccc(N6CCC(CN7CCN(c8ccc9c(c8)n(C)c(=O)n9C8CCC(=O)NC8=O)CC7)CC6)cc5)ccc4c23)C(=O)N1. The molecule has 0 aliphatic carbocycles. The number of pyridine rings is 1. The molecule has 58 heavy (non-hydrogen) atoms. The molecule has 10 rings (SSSR count). The van der Waals surface area contributed by atoms with Crippen molar-refractivity contribution in [2.24, 2.45) is 13.0 Å². The molecule has 3 amide bonds. The van der Waals surface area contributed by atoms with Crippen molar-refractivity contribution in [3.8, 4) is 11.3 Å². The zero-order chi connectivity index (χ0) is 39.7. The number of piperazine rings is 1. The molecule has 3 aromatic carbocycles. The summed E-state index contributed by atoms with van der Waals surface area (Å²) in [5.41, 5.74) is 7.46. The van der Waals surface area contributed by atoms with Crippen LogP contribution in [-0.4, -0.2) is 95.1 Å². The van der Waals surface area contributed by atoms with Gasteiger partial charge in [-0.25, -0.2) is 9.78 Å². The highest BCUT2D eigenvalue weighted by atomic mass is 32.1. The van der Waals surface area contributed by atoms with E-state index in [0.717, 1.165) is 99.8 Å². The van der Waals surface area contributed by atoms with E-state index in [1.54, 1.807) is 16.2 Å². The van der Waals surface area contributed by atoms with E-state index in [9.17, 15) is 19.2 Å². The number of nitrogens with zero attached hydrogens (tertiary/aromatic N) is 6.